The van der Waals surface area contributed by atoms with Crippen molar-refractivity contribution in [3.63, 3.8) is 0 Å². The Morgan fingerprint density at radius 2 is 0.870 bits per heavy atom. The fraction of sp³-hybridized carbons (Fsp3) is 0.958. The van der Waals surface area contributed by atoms with Gasteiger partial charge in [-0.15, -0.1) is 0 Å². The minimum absolute atomic E-state index is 0.0104. The molecule has 0 unspecified atom stereocenters. The molecule has 2 N–H and O–H groups in total. The van der Waals surface area contributed by atoms with Gasteiger partial charge in [0.05, 0.1) is 12.2 Å². The molecular weight excluding hydrogens is 673 g/mol. The molecule has 0 amide bonds. The van der Waals surface area contributed by atoms with E-state index >= 15 is 0 Å². The van der Waals surface area contributed by atoms with Crippen molar-refractivity contribution < 1.29 is 29.3 Å². The van der Waals surface area contributed by atoms with Gasteiger partial charge in [0.15, 0.2) is 0 Å². The second-order valence-corrected chi connectivity index (χ2v) is 22.7. The highest BCUT2D eigenvalue weighted by atomic mass is 16.5. The molecule has 20 atom stereocenters. The van der Waals surface area contributed by atoms with Gasteiger partial charge in [-0.1, -0.05) is 41.5 Å². The minimum atomic E-state index is -0.300. The molecular formula is C48H76O6. The number of rotatable bonds is 0. The van der Waals surface area contributed by atoms with E-state index in [1.807, 2.05) is 0 Å². The third-order valence-corrected chi connectivity index (χ3v) is 21.2. The molecule has 8 heterocycles. The summed E-state index contributed by atoms with van der Waals surface area (Å²) in [5.74, 6) is 6.21. The van der Waals surface area contributed by atoms with E-state index in [0.717, 1.165) is 77.0 Å². The number of carbonyl (C=O) groups is 2. The van der Waals surface area contributed by atoms with Crippen molar-refractivity contribution >= 4 is 11.9 Å². The molecule has 0 spiro atoms. The lowest BCUT2D eigenvalue weighted by atomic mass is 9.43. The summed E-state index contributed by atoms with van der Waals surface area (Å²) >= 11 is 0. The highest BCUT2D eigenvalue weighted by Gasteiger charge is 2.66. The van der Waals surface area contributed by atoms with Gasteiger partial charge >= 0.3 is 11.9 Å². The summed E-state index contributed by atoms with van der Waals surface area (Å²) in [4.78, 5) is 27.1. The number of aliphatic hydroxyl groups excluding tert-OH is 2. The average Bonchev–Trinajstić information content (AvgIpc) is 3.69. The van der Waals surface area contributed by atoms with E-state index in [0.29, 0.717) is 83.9 Å². The normalized spacial score (nSPS) is 57.6. The quantitative estimate of drug-likeness (QED) is 0.240. The third kappa shape index (κ3) is 5.71. The zero-order valence-electron chi connectivity index (χ0n) is 34.9. The molecule has 16 rings (SSSR count). The average molecular weight is 749 g/mol. The first-order valence-corrected chi connectivity index (χ1v) is 23.4. The number of aliphatic hydroxyl groups is 2. The first-order chi connectivity index (χ1) is 25.7. The molecule has 0 aromatic rings. The highest BCUT2D eigenvalue weighted by Crippen LogP contribution is 2.70. The first-order valence-electron chi connectivity index (χ1n) is 23.4. The van der Waals surface area contributed by atoms with Crippen LogP contribution in [-0.2, 0) is 19.1 Å². The zero-order chi connectivity index (χ0) is 37.9. The maximum absolute atomic E-state index is 13.5. The largest absolute Gasteiger partial charge is 0.462 e. The Morgan fingerprint density at radius 1 is 0.481 bits per heavy atom. The second kappa shape index (κ2) is 13.7. The topological polar surface area (TPSA) is 93.1 Å². The van der Waals surface area contributed by atoms with Crippen molar-refractivity contribution in [3.05, 3.63) is 0 Å². The molecule has 0 radical (unpaired) electrons. The SMILES string of the molecule is C[C@H]1CCC(=O)O[C@@H]2CC[C@@]3(C)[C@H](CC[C@@H]4[C@@H]3C[C@@H](O)[C@]3(C)[C@H](CC[C@@H]43)[C@@H](C)CCC(=O)O[C@@H]3CC[C@@]4(C)[C@H](CC[C@@H]5[C@@H]4C[C@@H](O)[C@]4(C)[C@@H]1CC[C@@H]54)C3)C2. The van der Waals surface area contributed by atoms with Crippen LogP contribution < -0.4 is 0 Å². The number of esters is 2. The van der Waals surface area contributed by atoms with E-state index in [1.165, 1.54) is 38.5 Å². The standard InChI is InChI=1S/C48H76O6/c1-27-7-17-43(51)53-31-19-21-46(4)30(23-31)10-12-34-38-16-14-36(48(38,6)42(50)26-40(34)46)28(2)8-18-44(52)54-32-20-22-45(3)29(24-32)9-11-33-37-15-13-35(27)47(37,5)41(49)25-39(33)45/h27-42,49-50H,7-26H2,1-6H3/t27-,28-,29+,30+,31+,32+,33-,34-,35+,36+,37-,38-,39-,40-,41+,42+,45-,46-,47+,48+/m0/s1. The summed E-state index contributed by atoms with van der Waals surface area (Å²) in [6, 6.07) is 0. The fourth-order valence-corrected chi connectivity index (χ4v) is 18.1. The van der Waals surface area contributed by atoms with Gasteiger partial charge in [-0.05, 0) is 208 Å². The number of hydrogen-bond acceptors (Lipinski definition) is 6. The Balaban J connectivity index is 0.964. The molecule has 6 nitrogen and oxygen atoms in total. The van der Waals surface area contributed by atoms with Gasteiger partial charge in [0.1, 0.15) is 12.2 Å². The molecule has 8 saturated carbocycles. The van der Waals surface area contributed by atoms with Crippen LogP contribution in [0.3, 0.4) is 0 Å². The van der Waals surface area contributed by atoms with E-state index < -0.39 is 0 Å². The van der Waals surface area contributed by atoms with E-state index in [2.05, 4.69) is 41.5 Å². The molecule has 8 aliphatic carbocycles. The summed E-state index contributed by atoms with van der Waals surface area (Å²) < 4.78 is 12.7. The molecule has 16 aliphatic rings. The fourth-order valence-electron chi connectivity index (χ4n) is 18.1. The smallest absolute Gasteiger partial charge is 0.306 e. The maximum atomic E-state index is 13.5. The number of hydrogen-bond donors (Lipinski definition) is 2. The van der Waals surface area contributed by atoms with Crippen LogP contribution in [0.15, 0.2) is 0 Å². The van der Waals surface area contributed by atoms with Crippen LogP contribution >= 0.6 is 0 Å². The van der Waals surface area contributed by atoms with Crippen LogP contribution in [0.25, 0.3) is 0 Å². The monoisotopic (exact) mass is 749 g/mol. The van der Waals surface area contributed by atoms with Gasteiger partial charge in [-0.3, -0.25) is 9.59 Å². The van der Waals surface area contributed by atoms with E-state index in [9.17, 15) is 19.8 Å². The summed E-state index contributed by atoms with van der Waals surface area (Å²) in [5.41, 5.74) is 0.221. The molecule has 0 aromatic carbocycles. The van der Waals surface area contributed by atoms with Crippen LogP contribution in [0, 0.1) is 92.7 Å². The first kappa shape index (κ1) is 38.4. The summed E-state index contributed by atoms with van der Waals surface area (Å²) in [5, 5.41) is 24.3. The lowest BCUT2D eigenvalue weighted by Gasteiger charge is -2.62. The van der Waals surface area contributed by atoms with Crippen LogP contribution in [0.1, 0.15) is 170 Å². The van der Waals surface area contributed by atoms with Gasteiger partial charge in [-0.25, -0.2) is 0 Å². The Kier molecular flexibility index (Phi) is 9.76. The van der Waals surface area contributed by atoms with Crippen LogP contribution in [0.4, 0.5) is 0 Å². The Labute approximate surface area is 327 Å². The van der Waals surface area contributed by atoms with Gasteiger partial charge in [0.2, 0.25) is 0 Å². The second-order valence-electron chi connectivity index (χ2n) is 22.7. The molecule has 0 aromatic heterocycles. The van der Waals surface area contributed by atoms with Gasteiger partial charge in [0, 0.05) is 12.8 Å². The number of ether oxygens (including phenoxy) is 2. The third-order valence-electron chi connectivity index (χ3n) is 21.2. The lowest BCUT2D eigenvalue weighted by Crippen LogP contribution is -2.59. The van der Waals surface area contributed by atoms with Crippen LogP contribution in [0.2, 0.25) is 0 Å². The zero-order valence-corrected chi connectivity index (χ0v) is 34.9. The van der Waals surface area contributed by atoms with Crippen molar-refractivity contribution in [2.45, 2.75) is 194 Å². The van der Waals surface area contributed by atoms with E-state index in [4.69, 9.17) is 9.47 Å². The van der Waals surface area contributed by atoms with Crippen molar-refractivity contribution in [2.75, 3.05) is 0 Å². The molecule has 304 valence electrons. The molecule has 6 heteroatoms. The summed E-state index contributed by atoms with van der Waals surface area (Å²) in [6.45, 7) is 14.6. The molecule has 8 aliphatic heterocycles. The predicted molar refractivity (Wildman–Crippen MR) is 210 cm³/mol. The van der Waals surface area contributed by atoms with Crippen molar-refractivity contribution in [1.29, 1.82) is 0 Å². The van der Waals surface area contributed by atoms with Crippen molar-refractivity contribution in [3.8, 4) is 0 Å². The van der Waals surface area contributed by atoms with Gasteiger partial charge in [0.25, 0.3) is 0 Å². The molecule has 16 bridgehead atoms. The Bertz CT molecular complexity index is 1340. The highest BCUT2D eigenvalue weighted by molar-refractivity contribution is 5.70. The predicted octanol–water partition coefficient (Wildman–Crippen LogP) is 9.92. The van der Waals surface area contributed by atoms with Crippen LogP contribution in [0.5, 0.6) is 0 Å². The maximum Gasteiger partial charge on any atom is 0.306 e. The van der Waals surface area contributed by atoms with Gasteiger partial charge < -0.3 is 19.7 Å². The van der Waals surface area contributed by atoms with E-state index in [-0.39, 0.29) is 58.0 Å². The van der Waals surface area contributed by atoms with E-state index in [1.54, 1.807) is 0 Å². The summed E-state index contributed by atoms with van der Waals surface area (Å²) in [7, 11) is 0. The van der Waals surface area contributed by atoms with Gasteiger partial charge in [-0.2, -0.15) is 0 Å². The molecule has 54 heavy (non-hydrogen) atoms. The Hall–Kier alpha value is -1.14. The van der Waals surface area contributed by atoms with Crippen molar-refractivity contribution in [1.82, 2.24) is 0 Å². The minimum Gasteiger partial charge on any atom is -0.462 e. The lowest BCUT2D eigenvalue weighted by molar-refractivity contribution is -0.184. The molecule has 16 fully saturated rings. The molecule has 8 saturated heterocycles. The number of carbonyl (C=O) groups excluding carboxylic acids is 2. The van der Waals surface area contributed by atoms with Crippen LogP contribution in [-0.4, -0.2) is 46.6 Å². The Morgan fingerprint density at radius 3 is 1.28 bits per heavy atom. The summed E-state index contributed by atoms with van der Waals surface area (Å²) in [6.07, 6.45) is 19.6. The van der Waals surface area contributed by atoms with Crippen molar-refractivity contribution in [2.24, 2.45) is 92.7 Å².